The maximum atomic E-state index is 12.2. The van der Waals surface area contributed by atoms with Gasteiger partial charge in [0.25, 0.3) is 0 Å². The quantitative estimate of drug-likeness (QED) is 0.908. The maximum absolute atomic E-state index is 12.2. The summed E-state index contributed by atoms with van der Waals surface area (Å²) in [5, 5.41) is 6.18. The van der Waals surface area contributed by atoms with Crippen molar-refractivity contribution in [1.29, 1.82) is 0 Å². The number of hydrogen-bond donors (Lipinski definition) is 2. The van der Waals surface area contributed by atoms with Crippen molar-refractivity contribution in [2.75, 3.05) is 18.4 Å². The van der Waals surface area contributed by atoms with Crippen molar-refractivity contribution >= 4 is 35.1 Å². The van der Waals surface area contributed by atoms with E-state index >= 15 is 0 Å². The summed E-state index contributed by atoms with van der Waals surface area (Å²) in [6.45, 7) is 3.85. The Morgan fingerprint density at radius 2 is 2.18 bits per heavy atom. The average Bonchev–Trinajstić information content (AvgIpc) is 3.17. The van der Waals surface area contributed by atoms with Crippen molar-refractivity contribution in [1.82, 2.24) is 10.3 Å². The molecule has 1 saturated heterocycles. The summed E-state index contributed by atoms with van der Waals surface area (Å²) < 4.78 is 5.78. The van der Waals surface area contributed by atoms with Crippen molar-refractivity contribution in [3.05, 3.63) is 24.1 Å². The van der Waals surface area contributed by atoms with Crippen LogP contribution in [0.15, 0.2) is 22.6 Å². The minimum absolute atomic E-state index is 0. The predicted molar refractivity (Wildman–Crippen MR) is 87.4 cm³/mol. The van der Waals surface area contributed by atoms with Gasteiger partial charge in [-0.05, 0) is 44.0 Å². The second-order valence-corrected chi connectivity index (χ2v) is 6.21. The third-order valence-electron chi connectivity index (χ3n) is 4.53. The minimum Gasteiger partial charge on any atom is -0.440 e. The highest BCUT2D eigenvalue weighted by atomic mass is 35.5. The number of carbonyl (C=O) groups excluding carboxylic acids is 1. The number of carbonyl (C=O) groups is 1. The molecule has 1 amide bonds. The molecule has 2 N–H and O–H groups in total. The van der Waals surface area contributed by atoms with E-state index in [2.05, 4.69) is 15.6 Å². The third-order valence-corrected chi connectivity index (χ3v) is 4.53. The number of halogens is 1. The van der Waals surface area contributed by atoms with Crippen molar-refractivity contribution in [3.8, 4) is 0 Å². The standard InChI is InChI=1S/C16H19N3O2.ClH/c1-9(11-7-17-8-11)15(20)18-12-4-5-13-14(6-12)21-16(19-13)10-2-3-10;/h4-6,9-11,17H,2-3,7-8H2,1H3,(H,18,20);1H. The van der Waals surface area contributed by atoms with E-state index in [0.29, 0.717) is 11.8 Å². The minimum atomic E-state index is 0. The molecule has 5 nitrogen and oxygen atoms in total. The number of fused-ring (bicyclic) bond motifs is 1. The smallest absolute Gasteiger partial charge is 0.227 e. The van der Waals surface area contributed by atoms with Gasteiger partial charge in [-0.1, -0.05) is 6.92 Å². The van der Waals surface area contributed by atoms with Crippen LogP contribution >= 0.6 is 12.4 Å². The molecule has 118 valence electrons. The van der Waals surface area contributed by atoms with Gasteiger partial charge in [0.05, 0.1) is 0 Å². The fraction of sp³-hybridized carbons (Fsp3) is 0.500. The Morgan fingerprint density at radius 1 is 1.41 bits per heavy atom. The lowest BCUT2D eigenvalue weighted by Crippen LogP contribution is -2.48. The third kappa shape index (κ3) is 2.83. The molecule has 6 heteroatoms. The van der Waals surface area contributed by atoms with Gasteiger partial charge >= 0.3 is 0 Å². The van der Waals surface area contributed by atoms with Crippen molar-refractivity contribution in [2.45, 2.75) is 25.7 Å². The SMILES string of the molecule is CC(C(=O)Nc1ccc2nc(C3CC3)oc2c1)C1CNC1.Cl. The number of oxazole rings is 1. The summed E-state index contributed by atoms with van der Waals surface area (Å²) in [6.07, 6.45) is 2.34. The normalized spacial score (nSPS) is 19.3. The van der Waals surface area contributed by atoms with E-state index in [9.17, 15) is 4.79 Å². The first-order chi connectivity index (χ1) is 10.2. The van der Waals surface area contributed by atoms with Crippen LogP contribution in [-0.4, -0.2) is 24.0 Å². The molecule has 1 aliphatic heterocycles. The van der Waals surface area contributed by atoms with Crippen LogP contribution in [0.4, 0.5) is 5.69 Å². The molecule has 0 bridgehead atoms. The summed E-state index contributed by atoms with van der Waals surface area (Å²) in [6, 6.07) is 5.68. The first-order valence-electron chi connectivity index (χ1n) is 7.63. The molecule has 0 radical (unpaired) electrons. The number of hydrogen-bond acceptors (Lipinski definition) is 4. The molecular formula is C16H20ClN3O2. The van der Waals surface area contributed by atoms with Gasteiger partial charge in [0.15, 0.2) is 11.5 Å². The Balaban J connectivity index is 0.00000144. The summed E-state index contributed by atoms with van der Waals surface area (Å²) in [5.74, 6) is 1.88. The van der Waals surface area contributed by atoms with Gasteiger partial charge in [0.1, 0.15) is 5.52 Å². The van der Waals surface area contributed by atoms with Crippen LogP contribution in [0.25, 0.3) is 11.1 Å². The molecule has 2 aliphatic rings. The second-order valence-electron chi connectivity index (χ2n) is 6.21. The van der Waals surface area contributed by atoms with Crippen molar-refractivity contribution in [3.63, 3.8) is 0 Å². The summed E-state index contributed by atoms with van der Waals surface area (Å²) in [5.41, 5.74) is 2.41. The van der Waals surface area contributed by atoms with Crippen LogP contribution in [0.2, 0.25) is 0 Å². The molecule has 22 heavy (non-hydrogen) atoms. The van der Waals surface area contributed by atoms with Crippen LogP contribution in [0.5, 0.6) is 0 Å². The van der Waals surface area contributed by atoms with Gasteiger partial charge in [0, 0.05) is 23.6 Å². The highest BCUT2D eigenvalue weighted by Gasteiger charge is 2.30. The zero-order valence-electron chi connectivity index (χ0n) is 12.5. The number of rotatable bonds is 4. The van der Waals surface area contributed by atoms with Crippen LogP contribution in [0, 0.1) is 11.8 Å². The lowest BCUT2D eigenvalue weighted by molar-refractivity contribution is -0.121. The van der Waals surface area contributed by atoms with Gasteiger partial charge in [-0.15, -0.1) is 12.4 Å². The highest BCUT2D eigenvalue weighted by molar-refractivity contribution is 5.94. The number of benzene rings is 1. The molecule has 0 spiro atoms. The van der Waals surface area contributed by atoms with Crippen LogP contribution < -0.4 is 10.6 Å². The van der Waals surface area contributed by atoms with Gasteiger partial charge in [-0.3, -0.25) is 4.79 Å². The van der Waals surface area contributed by atoms with E-state index in [1.807, 2.05) is 25.1 Å². The van der Waals surface area contributed by atoms with Gasteiger partial charge in [-0.2, -0.15) is 0 Å². The van der Waals surface area contributed by atoms with E-state index in [1.54, 1.807) is 0 Å². The van der Waals surface area contributed by atoms with Crippen LogP contribution in [0.1, 0.15) is 31.6 Å². The molecular weight excluding hydrogens is 302 g/mol. The molecule has 2 fully saturated rings. The van der Waals surface area contributed by atoms with Gasteiger partial charge < -0.3 is 15.1 Å². The predicted octanol–water partition coefficient (Wildman–Crippen LogP) is 2.92. The van der Waals surface area contributed by atoms with E-state index in [1.165, 1.54) is 12.8 Å². The molecule has 4 rings (SSSR count). The molecule has 1 atom stereocenters. The van der Waals surface area contributed by atoms with E-state index < -0.39 is 0 Å². The molecule has 2 heterocycles. The number of amides is 1. The van der Waals surface area contributed by atoms with Crippen molar-refractivity contribution < 1.29 is 9.21 Å². The zero-order chi connectivity index (χ0) is 14.4. The Bertz CT molecular complexity index is 692. The van der Waals surface area contributed by atoms with Gasteiger partial charge in [-0.25, -0.2) is 4.98 Å². The van der Waals surface area contributed by atoms with E-state index in [0.717, 1.165) is 35.8 Å². The number of aromatic nitrogens is 1. The zero-order valence-corrected chi connectivity index (χ0v) is 13.3. The summed E-state index contributed by atoms with van der Waals surface area (Å²) in [7, 11) is 0. The fourth-order valence-electron chi connectivity index (χ4n) is 2.66. The Hall–Kier alpha value is -1.59. The van der Waals surface area contributed by atoms with Crippen LogP contribution in [-0.2, 0) is 4.79 Å². The summed E-state index contributed by atoms with van der Waals surface area (Å²) in [4.78, 5) is 16.7. The maximum Gasteiger partial charge on any atom is 0.227 e. The Labute approximate surface area is 135 Å². The average molecular weight is 322 g/mol. The largest absolute Gasteiger partial charge is 0.440 e. The molecule has 1 unspecified atom stereocenters. The van der Waals surface area contributed by atoms with E-state index in [4.69, 9.17) is 4.42 Å². The molecule has 1 saturated carbocycles. The molecule has 2 aromatic rings. The Kier molecular flexibility index (Phi) is 4.10. The second kappa shape index (κ2) is 5.89. The first-order valence-corrected chi connectivity index (χ1v) is 7.63. The molecule has 1 aromatic heterocycles. The van der Waals surface area contributed by atoms with Crippen molar-refractivity contribution in [2.24, 2.45) is 11.8 Å². The lowest BCUT2D eigenvalue weighted by Gasteiger charge is -2.31. The first kappa shape index (κ1) is 15.3. The highest BCUT2D eigenvalue weighted by Crippen LogP contribution is 2.40. The number of nitrogens with one attached hydrogen (secondary N) is 2. The molecule has 1 aliphatic carbocycles. The topological polar surface area (TPSA) is 67.2 Å². The van der Waals surface area contributed by atoms with Crippen LogP contribution in [0.3, 0.4) is 0 Å². The molecule has 1 aromatic carbocycles. The number of nitrogens with zero attached hydrogens (tertiary/aromatic N) is 1. The lowest BCUT2D eigenvalue weighted by atomic mass is 9.88. The van der Waals surface area contributed by atoms with Gasteiger partial charge in [0.2, 0.25) is 5.91 Å². The van der Waals surface area contributed by atoms with E-state index in [-0.39, 0.29) is 24.2 Å². The Morgan fingerprint density at radius 3 is 2.82 bits per heavy atom. The fourth-order valence-corrected chi connectivity index (χ4v) is 2.66. The summed E-state index contributed by atoms with van der Waals surface area (Å²) >= 11 is 0. The number of anilines is 1. The monoisotopic (exact) mass is 321 g/mol.